The fourth-order valence-electron chi connectivity index (χ4n) is 4.21. The van der Waals surface area contributed by atoms with E-state index in [1.807, 2.05) is 24.3 Å². The number of H-pyrrole nitrogens is 2. The van der Waals surface area contributed by atoms with Crippen molar-refractivity contribution in [1.29, 1.82) is 0 Å². The first-order chi connectivity index (χ1) is 19.9. The smallest absolute Gasteiger partial charge is 0.326 e. The van der Waals surface area contributed by atoms with E-state index < -0.39 is 66.2 Å². The molecule has 0 fully saturated rings. The van der Waals surface area contributed by atoms with Crippen molar-refractivity contribution in [2.45, 2.75) is 56.3 Å². The molecule has 42 heavy (non-hydrogen) atoms. The van der Waals surface area contributed by atoms with Crippen molar-refractivity contribution in [3.05, 3.63) is 54.2 Å². The van der Waals surface area contributed by atoms with E-state index in [0.29, 0.717) is 5.69 Å². The summed E-state index contributed by atoms with van der Waals surface area (Å²) in [5, 5.41) is 26.2. The number of hydrogen-bond donors (Lipinski definition) is 9. The predicted octanol–water partition coefficient (Wildman–Crippen LogP) is -1.72. The maximum atomic E-state index is 13.3. The number of carbonyl (C=O) groups is 6. The highest BCUT2D eigenvalue weighted by atomic mass is 16.4. The number of carboxylic acid groups (broad SMARTS) is 2. The van der Waals surface area contributed by atoms with Crippen LogP contribution in [-0.2, 0) is 41.6 Å². The number of imidazole rings is 1. The molecule has 0 unspecified atom stereocenters. The van der Waals surface area contributed by atoms with Gasteiger partial charge in [0.05, 0.1) is 18.8 Å². The number of nitrogens with one attached hydrogen (secondary N) is 5. The van der Waals surface area contributed by atoms with E-state index in [9.17, 15) is 33.9 Å². The number of rotatable bonds is 16. The summed E-state index contributed by atoms with van der Waals surface area (Å²) >= 11 is 0. The number of para-hydroxylation sites is 1. The van der Waals surface area contributed by atoms with Gasteiger partial charge in [0.1, 0.15) is 18.1 Å². The summed E-state index contributed by atoms with van der Waals surface area (Å²) in [4.78, 5) is 83.0. The molecular weight excluding hydrogens is 552 g/mol. The van der Waals surface area contributed by atoms with Gasteiger partial charge in [-0.2, -0.15) is 0 Å². The summed E-state index contributed by atoms with van der Waals surface area (Å²) in [6, 6.07) is 1.81. The lowest BCUT2D eigenvalue weighted by Crippen LogP contribution is -2.58. The monoisotopic (exact) mass is 584 g/mol. The van der Waals surface area contributed by atoms with E-state index >= 15 is 0 Å². The van der Waals surface area contributed by atoms with Crippen LogP contribution < -0.4 is 27.4 Å². The first kappa shape index (κ1) is 31.3. The molecule has 0 aliphatic carbocycles. The third kappa shape index (κ3) is 8.88. The first-order valence-corrected chi connectivity index (χ1v) is 12.9. The Morgan fingerprint density at radius 1 is 0.881 bits per heavy atom. The van der Waals surface area contributed by atoms with Crippen LogP contribution in [-0.4, -0.2) is 84.9 Å². The second kappa shape index (κ2) is 14.4. The summed E-state index contributed by atoms with van der Waals surface area (Å²) in [7, 11) is 0. The van der Waals surface area contributed by atoms with Crippen molar-refractivity contribution in [2.24, 2.45) is 11.5 Å². The minimum atomic E-state index is -1.77. The van der Waals surface area contributed by atoms with Gasteiger partial charge >= 0.3 is 11.9 Å². The minimum Gasteiger partial charge on any atom is -0.481 e. The van der Waals surface area contributed by atoms with Crippen molar-refractivity contribution in [3.8, 4) is 0 Å². The molecule has 0 saturated heterocycles. The molecule has 4 atom stereocenters. The number of primary amides is 1. The Labute approximate surface area is 238 Å². The van der Waals surface area contributed by atoms with E-state index in [1.54, 1.807) is 6.20 Å². The number of amides is 4. The Balaban J connectivity index is 1.75. The van der Waals surface area contributed by atoms with Crippen molar-refractivity contribution in [1.82, 2.24) is 30.9 Å². The van der Waals surface area contributed by atoms with E-state index in [4.69, 9.17) is 16.6 Å². The summed E-state index contributed by atoms with van der Waals surface area (Å²) in [6.45, 7) is 0. The fraction of sp³-hybridized carbons (Fsp3) is 0.346. The number of aromatic nitrogens is 3. The zero-order valence-electron chi connectivity index (χ0n) is 22.3. The van der Waals surface area contributed by atoms with Gasteiger partial charge in [0.15, 0.2) is 0 Å². The molecule has 0 aliphatic rings. The average molecular weight is 585 g/mol. The van der Waals surface area contributed by atoms with Crippen LogP contribution >= 0.6 is 0 Å². The molecule has 3 rings (SSSR count). The van der Waals surface area contributed by atoms with Gasteiger partial charge in [0.2, 0.25) is 23.6 Å². The van der Waals surface area contributed by atoms with Crippen LogP contribution in [0, 0.1) is 0 Å². The number of hydrogen-bond acceptors (Lipinski definition) is 8. The van der Waals surface area contributed by atoms with Crippen LogP contribution in [0.1, 0.15) is 30.5 Å². The van der Waals surface area contributed by atoms with Crippen LogP contribution in [0.5, 0.6) is 0 Å². The van der Waals surface area contributed by atoms with Crippen molar-refractivity contribution in [3.63, 3.8) is 0 Å². The predicted molar refractivity (Wildman–Crippen MR) is 146 cm³/mol. The molecular formula is C26H32N8O8. The molecule has 0 radical (unpaired) electrons. The highest BCUT2D eigenvalue weighted by Gasteiger charge is 2.32. The molecule has 16 nitrogen and oxygen atoms in total. The molecule has 11 N–H and O–H groups in total. The van der Waals surface area contributed by atoms with Gasteiger partial charge in [-0.25, -0.2) is 9.78 Å². The van der Waals surface area contributed by atoms with Crippen LogP contribution in [0.15, 0.2) is 43.0 Å². The molecule has 0 aliphatic heterocycles. The lowest BCUT2D eigenvalue weighted by atomic mass is 10.0. The minimum absolute atomic E-state index is 0.130. The number of carbonyl (C=O) groups excluding carboxylic acids is 4. The quantitative estimate of drug-likeness (QED) is 0.0918. The van der Waals surface area contributed by atoms with Gasteiger partial charge in [0.25, 0.3) is 0 Å². The molecule has 224 valence electrons. The topological polar surface area (TPSA) is 275 Å². The molecule has 3 aromatic rings. The molecule has 4 amide bonds. The summed E-state index contributed by atoms with van der Waals surface area (Å²) in [5.41, 5.74) is 13.4. The Morgan fingerprint density at radius 3 is 2.19 bits per heavy atom. The van der Waals surface area contributed by atoms with Gasteiger partial charge in [-0.3, -0.25) is 24.0 Å². The van der Waals surface area contributed by atoms with Gasteiger partial charge in [-0.15, -0.1) is 0 Å². The maximum absolute atomic E-state index is 13.3. The third-order valence-electron chi connectivity index (χ3n) is 6.37. The maximum Gasteiger partial charge on any atom is 0.326 e. The zero-order chi connectivity index (χ0) is 30.8. The highest BCUT2D eigenvalue weighted by Crippen LogP contribution is 2.19. The number of carboxylic acids is 2. The Kier molecular flexibility index (Phi) is 10.7. The number of aliphatic carboxylic acids is 2. The van der Waals surface area contributed by atoms with Crippen LogP contribution in [0.4, 0.5) is 0 Å². The zero-order valence-corrected chi connectivity index (χ0v) is 22.3. The Bertz CT molecular complexity index is 1440. The van der Waals surface area contributed by atoms with Crippen molar-refractivity contribution >= 4 is 46.5 Å². The second-order valence-corrected chi connectivity index (χ2v) is 9.58. The van der Waals surface area contributed by atoms with Gasteiger partial charge in [0, 0.05) is 41.8 Å². The molecule has 0 spiro atoms. The number of nitrogens with two attached hydrogens (primary N) is 2. The highest BCUT2D eigenvalue weighted by molar-refractivity contribution is 5.95. The summed E-state index contributed by atoms with van der Waals surface area (Å²) < 4.78 is 0. The van der Waals surface area contributed by atoms with Crippen LogP contribution in [0.3, 0.4) is 0 Å². The molecule has 2 aromatic heterocycles. The number of nitrogens with zero attached hydrogens (tertiary/aromatic N) is 1. The SMILES string of the molecule is NC(=O)CC[C@H](NC(=O)[C@@H](N)Cc1c[nH]c2ccccc12)C(=O)N[C@@H](Cc1cnc[nH]1)C(=O)N[C@@H](CC(=O)O)C(=O)O. The molecule has 0 saturated carbocycles. The van der Waals surface area contributed by atoms with Crippen molar-refractivity contribution < 1.29 is 39.0 Å². The fourth-order valence-corrected chi connectivity index (χ4v) is 4.21. The lowest BCUT2D eigenvalue weighted by molar-refractivity contribution is -0.147. The van der Waals surface area contributed by atoms with Gasteiger partial charge < -0.3 is 47.6 Å². The molecule has 0 bridgehead atoms. The lowest BCUT2D eigenvalue weighted by Gasteiger charge is -2.24. The Hall–Kier alpha value is -5.25. The summed E-state index contributed by atoms with van der Waals surface area (Å²) in [5.74, 6) is -6.37. The van der Waals surface area contributed by atoms with Crippen LogP contribution in [0.25, 0.3) is 10.9 Å². The Morgan fingerprint density at radius 2 is 1.55 bits per heavy atom. The second-order valence-electron chi connectivity index (χ2n) is 9.58. The van der Waals surface area contributed by atoms with Crippen LogP contribution in [0.2, 0.25) is 0 Å². The standard InChI is InChI=1S/C26H32N8O8/c27-16(7-13-10-30-17-4-2-1-3-15(13)17)23(38)32-18(5-6-21(28)35)24(39)33-19(8-14-11-29-12-31-14)25(40)34-20(26(41)42)9-22(36)37/h1-4,10-12,16,18-20,30H,5-9,27H2,(H2,28,35)(H,29,31)(H,32,38)(H,33,39)(H,34,40)(H,36,37)(H,41,42)/t16-,18-,19-,20-/m0/s1. The van der Waals surface area contributed by atoms with E-state index in [0.717, 1.165) is 16.5 Å². The first-order valence-electron chi connectivity index (χ1n) is 12.9. The summed E-state index contributed by atoms with van der Waals surface area (Å²) in [6.07, 6.45) is 2.95. The molecule has 1 aromatic carbocycles. The number of fused-ring (bicyclic) bond motifs is 1. The average Bonchev–Trinajstić information content (AvgIpc) is 3.59. The largest absolute Gasteiger partial charge is 0.481 e. The van der Waals surface area contributed by atoms with E-state index in [2.05, 4.69) is 30.9 Å². The number of aromatic amines is 2. The molecule has 16 heteroatoms. The molecule has 2 heterocycles. The van der Waals surface area contributed by atoms with E-state index in [-0.39, 0.29) is 25.7 Å². The number of benzene rings is 1. The third-order valence-corrected chi connectivity index (χ3v) is 6.37. The van der Waals surface area contributed by atoms with Crippen molar-refractivity contribution in [2.75, 3.05) is 0 Å². The van der Waals surface area contributed by atoms with Gasteiger partial charge in [-0.05, 0) is 24.5 Å². The normalized spacial score (nSPS) is 13.8. The van der Waals surface area contributed by atoms with E-state index in [1.165, 1.54) is 12.5 Å². The van der Waals surface area contributed by atoms with Gasteiger partial charge in [-0.1, -0.05) is 18.2 Å².